The number of amides is 3. The molecule has 0 spiro atoms. The molecule has 0 saturated carbocycles. The molecule has 0 bridgehead atoms. The number of nitrogens with zero attached hydrogens (tertiary/aromatic N) is 3. The van der Waals surface area contributed by atoms with Crippen LogP contribution in [0.15, 0.2) is 30.6 Å². The van der Waals surface area contributed by atoms with Crippen LogP contribution in [0.4, 0.5) is 16.3 Å². The summed E-state index contributed by atoms with van der Waals surface area (Å²) in [5.41, 5.74) is 2.20. The fraction of sp³-hybridized carbons (Fsp3) is 0.480. The van der Waals surface area contributed by atoms with Crippen LogP contribution in [0.5, 0.6) is 0 Å². The summed E-state index contributed by atoms with van der Waals surface area (Å²) in [5, 5.41) is 5.24. The maximum absolute atomic E-state index is 13.2. The first-order valence-corrected chi connectivity index (χ1v) is 11.4. The van der Waals surface area contributed by atoms with Crippen LogP contribution in [0.1, 0.15) is 63.4 Å². The molecule has 1 saturated heterocycles. The van der Waals surface area contributed by atoms with Crippen molar-refractivity contribution in [2.45, 2.75) is 66.0 Å². The van der Waals surface area contributed by atoms with Crippen LogP contribution in [0.2, 0.25) is 0 Å². The van der Waals surface area contributed by atoms with Crippen molar-refractivity contribution in [3.63, 3.8) is 0 Å². The largest absolute Gasteiger partial charge is 0.444 e. The second-order valence-electron chi connectivity index (χ2n) is 9.86. The fourth-order valence-electron chi connectivity index (χ4n) is 3.99. The zero-order chi connectivity index (χ0) is 25.0. The molecule has 1 aliphatic heterocycles. The second kappa shape index (κ2) is 10.2. The molecule has 182 valence electrons. The minimum atomic E-state index is -0.723. The van der Waals surface area contributed by atoms with E-state index in [-0.39, 0.29) is 6.04 Å². The maximum Gasteiger partial charge on any atom is 0.413 e. The Labute approximate surface area is 200 Å². The predicted molar refractivity (Wildman–Crippen MR) is 129 cm³/mol. The Balaban J connectivity index is 1.70. The first-order chi connectivity index (χ1) is 15.9. The van der Waals surface area contributed by atoms with Gasteiger partial charge in [0.2, 0.25) is 0 Å². The lowest BCUT2D eigenvalue weighted by atomic mass is 9.90. The Morgan fingerprint density at radius 1 is 1.09 bits per heavy atom. The van der Waals surface area contributed by atoms with Crippen molar-refractivity contribution < 1.29 is 19.1 Å². The van der Waals surface area contributed by atoms with Crippen molar-refractivity contribution in [3.05, 3.63) is 47.4 Å². The van der Waals surface area contributed by atoms with Gasteiger partial charge in [0, 0.05) is 18.4 Å². The minimum absolute atomic E-state index is 0.170. The van der Waals surface area contributed by atoms with Crippen LogP contribution < -0.4 is 10.6 Å². The Kier molecular flexibility index (Phi) is 7.54. The molecule has 0 aliphatic carbocycles. The summed E-state index contributed by atoms with van der Waals surface area (Å²) in [4.78, 5) is 48.1. The fourth-order valence-corrected chi connectivity index (χ4v) is 3.99. The lowest BCUT2D eigenvalue weighted by molar-refractivity contribution is -0.146. The monoisotopic (exact) mass is 467 g/mol. The summed E-state index contributed by atoms with van der Waals surface area (Å²) in [5.74, 6) is -0.687. The van der Waals surface area contributed by atoms with Crippen molar-refractivity contribution in [1.29, 1.82) is 0 Å². The zero-order valence-electron chi connectivity index (χ0n) is 20.6. The first-order valence-electron chi connectivity index (χ1n) is 11.4. The molecule has 0 aromatic carbocycles. The Bertz CT molecular complexity index is 1080. The van der Waals surface area contributed by atoms with Crippen molar-refractivity contribution in [2.75, 3.05) is 17.2 Å². The number of piperidine rings is 1. The number of likely N-dealkylation sites (tertiary alicyclic amines) is 1. The van der Waals surface area contributed by atoms with Gasteiger partial charge in [-0.2, -0.15) is 0 Å². The average molecular weight is 468 g/mol. The van der Waals surface area contributed by atoms with Crippen molar-refractivity contribution in [2.24, 2.45) is 5.92 Å². The quantitative estimate of drug-likeness (QED) is 0.648. The van der Waals surface area contributed by atoms with Gasteiger partial charge in [0.25, 0.3) is 0 Å². The SMILES string of the molecule is Cc1cc([C@@H]2CC[C@@H](C)CN2C(=O)C(=O)Nc2cnc(NC(=O)OC(C)(C)C)c(C)c2)ccn1. The van der Waals surface area contributed by atoms with E-state index in [9.17, 15) is 14.4 Å². The third-order valence-electron chi connectivity index (χ3n) is 5.53. The summed E-state index contributed by atoms with van der Waals surface area (Å²) in [7, 11) is 0. The molecule has 2 aromatic heterocycles. The van der Waals surface area contributed by atoms with Crippen LogP contribution in [-0.2, 0) is 14.3 Å². The van der Waals surface area contributed by atoms with Gasteiger partial charge in [-0.1, -0.05) is 6.92 Å². The van der Waals surface area contributed by atoms with Gasteiger partial charge >= 0.3 is 17.9 Å². The average Bonchev–Trinajstić information content (AvgIpc) is 2.73. The Hall–Kier alpha value is -3.49. The number of anilines is 2. The van der Waals surface area contributed by atoms with E-state index < -0.39 is 23.5 Å². The topological polar surface area (TPSA) is 114 Å². The van der Waals surface area contributed by atoms with E-state index in [1.165, 1.54) is 6.20 Å². The molecule has 1 fully saturated rings. The molecule has 3 amide bonds. The second-order valence-corrected chi connectivity index (χ2v) is 9.86. The van der Waals surface area contributed by atoms with E-state index >= 15 is 0 Å². The van der Waals surface area contributed by atoms with Crippen LogP contribution in [0, 0.1) is 19.8 Å². The van der Waals surface area contributed by atoms with Crippen LogP contribution in [0.3, 0.4) is 0 Å². The molecule has 0 unspecified atom stereocenters. The molecule has 2 atom stereocenters. The van der Waals surface area contributed by atoms with Crippen LogP contribution in [0.25, 0.3) is 0 Å². The molecule has 3 rings (SSSR count). The number of carbonyl (C=O) groups is 3. The standard InChI is InChI=1S/C25H33N5O4/c1-15-7-8-20(18-9-10-26-17(3)12-18)30(14-15)23(32)22(31)28-19-11-16(2)21(27-13-19)29-24(33)34-25(4,5)6/h9-13,15,20H,7-8,14H2,1-6H3,(H,28,31)(H,27,29,33)/t15-,20+/m1/s1. The zero-order valence-corrected chi connectivity index (χ0v) is 20.6. The molecule has 2 N–H and O–H groups in total. The number of carbonyl (C=O) groups excluding carboxylic acids is 3. The number of aryl methyl sites for hydroxylation is 2. The third-order valence-corrected chi connectivity index (χ3v) is 5.53. The van der Waals surface area contributed by atoms with Gasteiger partial charge in [-0.25, -0.2) is 9.78 Å². The van der Waals surface area contributed by atoms with E-state index in [1.807, 2.05) is 19.1 Å². The van der Waals surface area contributed by atoms with Gasteiger partial charge < -0.3 is 15.0 Å². The number of nitrogens with one attached hydrogen (secondary N) is 2. The number of hydrogen-bond donors (Lipinski definition) is 2. The third kappa shape index (κ3) is 6.52. The smallest absolute Gasteiger partial charge is 0.413 e. The highest BCUT2D eigenvalue weighted by molar-refractivity contribution is 6.39. The molecule has 34 heavy (non-hydrogen) atoms. The van der Waals surface area contributed by atoms with E-state index in [0.29, 0.717) is 29.5 Å². The molecule has 9 nitrogen and oxygen atoms in total. The highest BCUT2D eigenvalue weighted by Crippen LogP contribution is 2.33. The minimum Gasteiger partial charge on any atom is -0.444 e. The highest BCUT2D eigenvalue weighted by Gasteiger charge is 2.34. The van der Waals surface area contributed by atoms with Gasteiger partial charge in [-0.3, -0.25) is 19.9 Å². The van der Waals surface area contributed by atoms with Crippen molar-refractivity contribution >= 4 is 29.4 Å². The number of aromatic nitrogens is 2. The molecular weight excluding hydrogens is 434 g/mol. The van der Waals surface area contributed by atoms with Gasteiger partial charge in [-0.05, 0) is 82.7 Å². The summed E-state index contributed by atoms with van der Waals surface area (Å²) in [6.45, 7) is 11.5. The van der Waals surface area contributed by atoms with Crippen LogP contribution in [-0.4, -0.2) is 44.9 Å². The van der Waals surface area contributed by atoms with Gasteiger partial charge in [0.1, 0.15) is 11.4 Å². The summed E-state index contributed by atoms with van der Waals surface area (Å²) < 4.78 is 5.24. The molecule has 0 radical (unpaired) electrons. The van der Waals surface area contributed by atoms with Gasteiger partial charge in [0.05, 0.1) is 17.9 Å². The highest BCUT2D eigenvalue weighted by atomic mass is 16.6. The maximum atomic E-state index is 13.2. The summed E-state index contributed by atoms with van der Waals surface area (Å²) in [6, 6.07) is 5.34. The molecule has 9 heteroatoms. The van der Waals surface area contributed by atoms with Gasteiger partial charge in [-0.15, -0.1) is 0 Å². The number of hydrogen-bond acceptors (Lipinski definition) is 6. The van der Waals surface area contributed by atoms with E-state index in [1.54, 1.807) is 44.9 Å². The lowest BCUT2D eigenvalue weighted by Crippen LogP contribution is -2.46. The van der Waals surface area contributed by atoms with Crippen molar-refractivity contribution in [3.8, 4) is 0 Å². The molecular formula is C25H33N5O4. The van der Waals surface area contributed by atoms with E-state index in [4.69, 9.17) is 4.74 Å². The normalized spacial score (nSPS) is 18.2. The van der Waals surface area contributed by atoms with Crippen LogP contribution >= 0.6 is 0 Å². The van der Waals surface area contributed by atoms with E-state index in [0.717, 1.165) is 24.1 Å². The van der Waals surface area contributed by atoms with Crippen molar-refractivity contribution in [1.82, 2.24) is 14.9 Å². The lowest BCUT2D eigenvalue weighted by Gasteiger charge is -2.38. The first kappa shape index (κ1) is 25.1. The number of pyridine rings is 2. The number of ether oxygens (including phenoxy) is 1. The molecule has 1 aliphatic rings. The summed E-state index contributed by atoms with van der Waals surface area (Å²) >= 11 is 0. The van der Waals surface area contributed by atoms with Gasteiger partial charge in [0.15, 0.2) is 0 Å². The Morgan fingerprint density at radius 2 is 1.82 bits per heavy atom. The molecule has 3 heterocycles. The predicted octanol–water partition coefficient (Wildman–Crippen LogP) is 4.38. The van der Waals surface area contributed by atoms with E-state index in [2.05, 4.69) is 27.5 Å². The Morgan fingerprint density at radius 3 is 2.47 bits per heavy atom. The molecule has 2 aromatic rings. The number of rotatable bonds is 3. The summed E-state index contributed by atoms with van der Waals surface area (Å²) in [6.07, 6.45) is 4.27.